The van der Waals surface area contributed by atoms with Crippen molar-refractivity contribution in [3.63, 3.8) is 0 Å². The van der Waals surface area contributed by atoms with Crippen molar-refractivity contribution >= 4 is 25.4 Å². The Morgan fingerprint density at radius 1 is 1.36 bits per heavy atom. The molecule has 5 nitrogen and oxygen atoms in total. The van der Waals surface area contributed by atoms with Gasteiger partial charge in [-0.3, -0.25) is 9.59 Å². The van der Waals surface area contributed by atoms with E-state index in [1.54, 1.807) is 0 Å². The van der Waals surface area contributed by atoms with Crippen LogP contribution in [0.25, 0.3) is 0 Å². The summed E-state index contributed by atoms with van der Waals surface area (Å²) in [5.41, 5.74) is 5.00. The second-order valence-electron chi connectivity index (χ2n) is 1.88. The van der Waals surface area contributed by atoms with E-state index >= 15 is 0 Å². The molecule has 0 fully saturated rings. The Kier molecular flexibility index (Phi) is 7.02. The average Bonchev–Trinajstić information content (AvgIpc) is 1.82. The Balaban J connectivity index is 0. The molecule has 0 aliphatic rings. The molecule has 0 aliphatic carbocycles. The summed E-state index contributed by atoms with van der Waals surface area (Å²) in [6.07, 6.45) is -0.224. The minimum atomic E-state index is -1.17. The van der Waals surface area contributed by atoms with Gasteiger partial charge in [0.15, 0.2) is 0 Å². The van der Waals surface area contributed by atoms with Gasteiger partial charge in [-0.15, -0.1) is 0 Å². The third kappa shape index (κ3) is 7.14. The maximum atomic E-state index is 9.99. The largest absolute Gasteiger partial charge is 0.481 e. The topological polar surface area (TPSA) is 101 Å². The lowest BCUT2D eigenvalue weighted by Gasteiger charge is -2.01. The van der Waals surface area contributed by atoms with Gasteiger partial charge in [0.25, 0.3) is 0 Å². The molecule has 6 heteroatoms. The van der Waals surface area contributed by atoms with Crippen LogP contribution in [0.1, 0.15) is 12.8 Å². The summed E-state index contributed by atoms with van der Waals surface area (Å²) in [5, 5.41) is 16.3. The van der Waals surface area contributed by atoms with Crippen molar-refractivity contribution in [2.24, 2.45) is 5.73 Å². The first-order valence-corrected chi connectivity index (χ1v) is 2.74. The fourth-order valence-electron chi connectivity index (χ4n) is 0.402. The van der Waals surface area contributed by atoms with Crippen LogP contribution in [0.2, 0.25) is 0 Å². The Labute approximate surface area is 70.6 Å². The summed E-state index contributed by atoms with van der Waals surface area (Å²) < 4.78 is 0. The van der Waals surface area contributed by atoms with Crippen LogP contribution in [0.5, 0.6) is 0 Å². The molecule has 0 aromatic rings. The highest BCUT2D eigenvalue weighted by Crippen LogP contribution is 1.93. The van der Waals surface area contributed by atoms with Crippen LogP contribution in [0.4, 0.5) is 0 Å². The molecule has 0 saturated heterocycles. The molecule has 0 radical (unpaired) electrons. The van der Waals surface area contributed by atoms with Crippen molar-refractivity contribution in [3.8, 4) is 0 Å². The number of rotatable bonds is 4. The van der Waals surface area contributed by atoms with Crippen molar-refractivity contribution in [3.05, 3.63) is 0 Å². The third-order valence-corrected chi connectivity index (χ3v) is 0.986. The van der Waals surface area contributed by atoms with Crippen LogP contribution in [0.3, 0.4) is 0 Å². The number of carbonyl (C=O) groups is 2. The first kappa shape index (κ1) is 12.9. The summed E-state index contributed by atoms with van der Waals surface area (Å²) in [6.45, 7) is 0. The third-order valence-electron chi connectivity index (χ3n) is 0.986. The predicted molar refractivity (Wildman–Crippen MR) is 42.9 cm³/mol. The Hall–Kier alpha value is -0.750. The van der Waals surface area contributed by atoms with Gasteiger partial charge in [0.2, 0.25) is 0 Å². The molecule has 11 heavy (non-hydrogen) atoms. The van der Waals surface area contributed by atoms with Crippen molar-refractivity contribution in [2.75, 3.05) is 0 Å². The fourth-order valence-corrected chi connectivity index (χ4v) is 0.402. The van der Waals surface area contributed by atoms with Gasteiger partial charge in [0.05, 0.1) is 0 Å². The van der Waals surface area contributed by atoms with E-state index in [2.05, 4.69) is 0 Å². The minimum absolute atomic E-state index is 0. The van der Waals surface area contributed by atoms with E-state index in [4.69, 9.17) is 15.9 Å². The number of aliphatic carboxylic acids is 2. The van der Waals surface area contributed by atoms with Crippen LogP contribution < -0.4 is 5.73 Å². The second-order valence-corrected chi connectivity index (χ2v) is 1.88. The molecule has 0 aromatic heterocycles. The van der Waals surface area contributed by atoms with Crippen molar-refractivity contribution in [1.82, 2.24) is 0 Å². The van der Waals surface area contributed by atoms with Gasteiger partial charge in [-0.1, -0.05) is 0 Å². The summed E-state index contributed by atoms with van der Waals surface area (Å²) in [6, 6.07) is -1.06. The lowest BCUT2D eigenvalue weighted by molar-refractivity contribution is -0.139. The lowest BCUT2D eigenvalue weighted by atomic mass is 10.2. The van der Waals surface area contributed by atoms with Gasteiger partial charge in [-0.2, -0.15) is 13.5 Å². The fraction of sp³-hybridized carbons (Fsp3) is 0.600. The molecule has 0 rings (SSSR count). The Morgan fingerprint density at radius 2 is 1.82 bits per heavy atom. The molecule has 66 valence electrons. The van der Waals surface area contributed by atoms with Crippen LogP contribution >= 0.6 is 13.5 Å². The number of hydrogen-bond acceptors (Lipinski definition) is 3. The highest BCUT2D eigenvalue weighted by molar-refractivity contribution is 7.59. The van der Waals surface area contributed by atoms with E-state index < -0.39 is 18.0 Å². The number of hydrogen-bond donors (Lipinski definition) is 3. The van der Waals surface area contributed by atoms with Crippen molar-refractivity contribution in [1.29, 1.82) is 0 Å². The summed E-state index contributed by atoms with van der Waals surface area (Å²) in [5.74, 6) is -2.20. The maximum Gasteiger partial charge on any atom is 0.320 e. The number of carboxylic acid groups (broad SMARTS) is 2. The normalized spacial score (nSPS) is 11.4. The lowest BCUT2D eigenvalue weighted by Crippen LogP contribution is -2.30. The molecule has 0 unspecified atom stereocenters. The Bertz CT molecular complexity index is 149. The quantitative estimate of drug-likeness (QED) is 0.536. The monoisotopic (exact) mass is 181 g/mol. The molecule has 0 saturated carbocycles. The number of nitrogens with two attached hydrogens (primary N) is 1. The van der Waals surface area contributed by atoms with Gasteiger partial charge in [-0.25, -0.2) is 0 Å². The SMILES string of the molecule is N[C@@H](CCC(=O)O)C(=O)O.S. The minimum Gasteiger partial charge on any atom is -0.481 e. The van der Waals surface area contributed by atoms with Crippen molar-refractivity contribution in [2.45, 2.75) is 18.9 Å². The van der Waals surface area contributed by atoms with Crippen LogP contribution in [0, 0.1) is 0 Å². The molecule has 0 amide bonds. The molecule has 0 aliphatic heterocycles. The zero-order valence-corrected chi connectivity index (χ0v) is 6.78. The molecule has 0 heterocycles. The summed E-state index contributed by atoms with van der Waals surface area (Å²) in [7, 11) is 0. The van der Waals surface area contributed by atoms with Gasteiger partial charge in [-0.05, 0) is 6.42 Å². The standard InChI is InChI=1S/C5H9NO4.H2S/c6-3(5(9)10)1-2-4(7)8;/h3H,1-2,6H2,(H,7,8)(H,9,10);1H2/t3-;/m0./s1. The first-order valence-electron chi connectivity index (χ1n) is 2.74. The highest BCUT2D eigenvalue weighted by atomic mass is 32.1. The van der Waals surface area contributed by atoms with Gasteiger partial charge < -0.3 is 15.9 Å². The summed E-state index contributed by atoms with van der Waals surface area (Å²) >= 11 is 0. The maximum absolute atomic E-state index is 9.99. The molecular weight excluding hydrogens is 170 g/mol. The van der Waals surface area contributed by atoms with E-state index in [-0.39, 0.29) is 26.3 Å². The molecule has 4 N–H and O–H groups in total. The zero-order chi connectivity index (χ0) is 8.15. The van der Waals surface area contributed by atoms with E-state index in [0.717, 1.165) is 0 Å². The van der Waals surface area contributed by atoms with Crippen LogP contribution in [-0.2, 0) is 9.59 Å². The van der Waals surface area contributed by atoms with E-state index in [1.807, 2.05) is 0 Å². The highest BCUT2D eigenvalue weighted by Gasteiger charge is 2.12. The van der Waals surface area contributed by atoms with E-state index in [0.29, 0.717) is 0 Å². The summed E-state index contributed by atoms with van der Waals surface area (Å²) in [4.78, 5) is 19.9. The average molecular weight is 181 g/mol. The Morgan fingerprint density at radius 3 is 2.09 bits per heavy atom. The van der Waals surface area contributed by atoms with E-state index in [9.17, 15) is 9.59 Å². The predicted octanol–water partition coefficient (Wildman–Crippen LogP) is -0.624. The molecule has 0 spiro atoms. The van der Waals surface area contributed by atoms with Gasteiger partial charge >= 0.3 is 11.9 Å². The molecule has 0 bridgehead atoms. The zero-order valence-electron chi connectivity index (χ0n) is 5.78. The molecule has 1 atom stereocenters. The van der Waals surface area contributed by atoms with Gasteiger partial charge in [0.1, 0.15) is 6.04 Å². The number of carboxylic acids is 2. The van der Waals surface area contributed by atoms with Crippen molar-refractivity contribution < 1.29 is 19.8 Å². The second kappa shape index (κ2) is 5.99. The van der Waals surface area contributed by atoms with Crippen LogP contribution in [0.15, 0.2) is 0 Å². The molecule has 0 aromatic carbocycles. The van der Waals surface area contributed by atoms with E-state index in [1.165, 1.54) is 0 Å². The molecular formula is C5H11NO4S. The smallest absolute Gasteiger partial charge is 0.320 e. The first-order chi connectivity index (χ1) is 4.54. The van der Waals surface area contributed by atoms with Gasteiger partial charge in [0, 0.05) is 6.42 Å². The van der Waals surface area contributed by atoms with Crippen LogP contribution in [-0.4, -0.2) is 28.2 Å².